The first kappa shape index (κ1) is 13.8. The number of hydrogen-bond donors (Lipinski definition) is 1. The lowest BCUT2D eigenvalue weighted by atomic mass is 10.1. The normalized spacial score (nSPS) is 10.6. The third kappa shape index (κ3) is 3.14. The van der Waals surface area contributed by atoms with Gasteiger partial charge in [0.25, 0.3) is 0 Å². The largest absolute Gasteiger partial charge is 0.332 e. The average Bonchev–Trinajstić information content (AvgIpc) is 2.93. The monoisotopic (exact) mass is 294 g/mol. The summed E-state index contributed by atoms with van der Waals surface area (Å²) in [5, 5.41) is 6.38. The van der Waals surface area contributed by atoms with Crippen LogP contribution in [0, 0.1) is 20.8 Å². The van der Waals surface area contributed by atoms with Gasteiger partial charge in [-0.25, -0.2) is 4.98 Å². The molecule has 1 aromatic heterocycles. The number of aryl methyl sites for hydroxylation is 3. The molecular weight excluding hydrogens is 276 g/mol. The van der Waals surface area contributed by atoms with Crippen molar-refractivity contribution in [3.8, 4) is 11.3 Å². The maximum atomic E-state index is 4.68. The second-order valence-electron chi connectivity index (χ2n) is 5.33. The minimum Gasteiger partial charge on any atom is -0.332 e. The molecule has 1 heterocycles. The predicted octanol–water partition coefficient (Wildman–Crippen LogP) is 5.48. The molecular formula is C18H18N2S. The van der Waals surface area contributed by atoms with E-state index < -0.39 is 0 Å². The van der Waals surface area contributed by atoms with Gasteiger partial charge in [-0.05, 0) is 50.1 Å². The number of hydrogen-bond acceptors (Lipinski definition) is 3. The van der Waals surface area contributed by atoms with Crippen molar-refractivity contribution in [2.45, 2.75) is 20.8 Å². The van der Waals surface area contributed by atoms with Gasteiger partial charge in [-0.15, -0.1) is 11.3 Å². The van der Waals surface area contributed by atoms with Gasteiger partial charge in [-0.1, -0.05) is 29.8 Å². The molecule has 3 heteroatoms. The molecule has 0 amide bonds. The SMILES string of the molecule is Cc1ccc(Nc2nc(-c3ccc(C)c(C)c3)cs2)cc1. The van der Waals surface area contributed by atoms with Crippen LogP contribution in [-0.2, 0) is 0 Å². The first-order chi connectivity index (χ1) is 10.1. The molecule has 1 N–H and O–H groups in total. The van der Waals surface area contributed by atoms with Crippen LogP contribution in [0.1, 0.15) is 16.7 Å². The third-order valence-corrected chi connectivity index (χ3v) is 4.37. The van der Waals surface area contributed by atoms with Crippen molar-refractivity contribution in [3.63, 3.8) is 0 Å². The lowest BCUT2D eigenvalue weighted by molar-refractivity contribution is 1.32. The maximum Gasteiger partial charge on any atom is 0.187 e. The zero-order valence-corrected chi connectivity index (χ0v) is 13.3. The van der Waals surface area contributed by atoms with E-state index >= 15 is 0 Å². The number of nitrogens with one attached hydrogen (secondary N) is 1. The summed E-state index contributed by atoms with van der Waals surface area (Å²) in [6, 6.07) is 14.8. The lowest BCUT2D eigenvalue weighted by Crippen LogP contribution is -1.89. The second kappa shape index (κ2) is 5.70. The Hall–Kier alpha value is -2.13. The number of aromatic nitrogens is 1. The molecule has 106 valence electrons. The van der Waals surface area contributed by atoms with Gasteiger partial charge in [0.15, 0.2) is 5.13 Å². The van der Waals surface area contributed by atoms with E-state index in [0.29, 0.717) is 0 Å². The molecule has 0 fully saturated rings. The van der Waals surface area contributed by atoms with Gasteiger partial charge in [0.1, 0.15) is 0 Å². The second-order valence-corrected chi connectivity index (χ2v) is 6.19. The molecule has 0 aliphatic heterocycles. The molecule has 3 rings (SSSR count). The fourth-order valence-electron chi connectivity index (χ4n) is 2.12. The Morgan fingerprint density at radius 1 is 0.905 bits per heavy atom. The Labute approximate surface area is 129 Å². The van der Waals surface area contributed by atoms with Crippen LogP contribution < -0.4 is 5.32 Å². The minimum atomic E-state index is 0.923. The van der Waals surface area contributed by atoms with E-state index in [0.717, 1.165) is 16.5 Å². The van der Waals surface area contributed by atoms with Crippen LogP contribution >= 0.6 is 11.3 Å². The summed E-state index contributed by atoms with van der Waals surface area (Å²) in [5.74, 6) is 0. The molecule has 2 nitrogen and oxygen atoms in total. The summed E-state index contributed by atoms with van der Waals surface area (Å²) in [5.41, 5.74) is 7.14. The van der Waals surface area contributed by atoms with E-state index in [9.17, 15) is 0 Å². The molecule has 0 radical (unpaired) electrons. The summed E-state index contributed by atoms with van der Waals surface area (Å²) >= 11 is 1.63. The predicted molar refractivity (Wildman–Crippen MR) is 91.5 cm³/mol. The number of nitrogens with zero attached hydrogens (tertiary/aromatic N) is 1. The maximum absolute atomic E-state index is 4.68. The van der Waals surface area contributed by atoms with Crippen molar-refractivity contribution in [2.75, 3.05) is 5.32 Å². The smallest absolute Gasteiger partial charge is 0.187 e. The van der Waals surface area contributed by atoms with Crippen LogP contribution in [0.2, 0.25) is 0 Å². The number of anilines is 2. The van der Waals surface area contributed by atoms with Gasteiger partial charge >= 0.3 is 0 Å². The Balaban J connectivity index is 1.82. The Morgan fingerprint density at radius 2 is 1.67 bits per heavy atom. The fraction of sp³-hybridized carbons (Fsp3) is 0.167. The van der Waals surface area contributed by atoms with Gasteiger partial charge in [0.2, 0.25) is 0 Å². The van der Waals surface area contributed by atoms with Crippen LogP contribution in [0.15, 0.2) is 47.8 Å². The zero-order valence-electron chi connectivity index (χ0n) is 12.5. The quantitative estimate of drug-likeness (QED) is 0.692. The first-order valence-corrected chi connectivity index (χ1v) is 7.86. The minimum absolute atomic E-state index is 0.923. The molecule has 3 aromatic rings. The Bertz CT molecular complexity index is 757. The summed E-state index contributed by atoms with van der Waals surface area (Å²) in [4.78, 5) is 4.68. The van der Waals surface area contributed by atoms with Crippen LogP contribution in [0.4, 0.5) is 10.8 Å². The highest BCUT2D eigenvalue weighted by Gasteiger charge is 2.06. The summed E-state index contributed by atoms with van der Waals surface area (Å²) in [6.45, 7) is 6.35. The van der Waals surface area contributed by atoms with E-state index in [1.165, 1.54) is 22.3 Å². The average molecular weight is 294 g/mol. The van der Waals surface area contributed by atoms with Crippen molar-refractivity contribution in [1.29, 1.82) is 0 Å². The van der Waals surface area contributed by atoms with Crippen molar-refractivity contribution >= 4 is 22.2 Å². The topological polar surface area (TPSA) is 24.9 Å². The van der Waals surface area contributed by atoms with Crippen LogP contribution in [0.3, 0.4) is 0 Å². The Morgan fingerprint density at radius 3 is 2.38 bits per heavy atom. The number of benzene rings is 2. The molecule has 2 aromatic carbocycles. The molecule has 0 unspecified atom stereocenters. The molecule has 0 saturated carbocycles. The van der Waals surface area contributed by atoms with E-state index in [1.54, 1.807) is 11.3 Å². The van der Waals surface area contributed by atoms with Crippen LogP contribution in [0.25, 0.3) is 11.3 Å². The van der Waals surface area contributed by atoms with Crippen LogP contribution in [0.5, 0.6) is 0 Å². The summed E-state index contributed by atoms with van der Waals surface area (Å²) in [7, 11) is 0. The van der Waals surface area contributed by atoms with Crippen LogP contribution in [-0.4, -0.2) is 4.98 Å². The molecule has 0 spiro atoms. The summed E-state index contributed by atoms with van der Waals surface area (Å²) in [6.07, 6.45) is 0. The molecule has 0 aliphatic carbocycles. The van der Waals surface area contributed by atoms with Crippen molar-refractivity contribution in [1.82, 2.24) is 4.98 Å². The van der Waals surface area contributed by atoms with E-state index in [2.05, 4.69) is 78.9 Å². The highest BCUT2D eigenvalue weighted by molar-refractivity contribution is 7.14. The number of rotatable bonds is 3. The van der Waals surface area contributed by atoms with Gasteiger partial charge in [-0.3, -0.25) is 0 Å². The van der Waals surface area contributed by atoms with Gasteiger partial charge < -0.3 is 5.32 Å². The van der Waals surface area contributed by atoms with Gasteiger partial charge in [0, 0.05) is 16.6 Å². The van der Waals surface area contributed by atoms with Crippen molar-refractivity contribution in [3.05, 3.63) is 64.5 Å². The molecule has 0 bridgehead atoms. The molecule has 0 aliphatic rings. The number of thiazole rings is 1. The standard InChI is InChI=1S/C18H18N2S/c1-12-4-8-16(9-5-12)19-18-20-17(11-21-18)15-7-6-13(2)14(3)10-15/h4-11H,1-3H3,(H,19,20). The first-order valence-electron chi connectivity index (χ1n) is 6.99. The molecule has 0 atom stereocenters. The molecule has 21 heavy (non-hydrogen) atoms. The fourth-order valence-corrected chi connectivity index (χ4v) is 2.86. The summed E-state index contributed by atoms with van der Waals surface area (Å²) < 4.78 is 0. The van der Waals surface area contributed by atoms with E-state index in [4.69, 9.17) is 0 Å². The highest BCUT2D eigenvalue weighted by atomic mass is 32.1. The van der Waals surface area contributed by atoms with Gasteiger partial charge in [0.05, 0.1) is 5.69 Å². The molecule has 0 saturated heterocycles. The van der Waals surface area contributed by atoms with Crippen molar-refractivity contribution in [2.24, 2.45) is 0 Å². The zero-order chi connectivity index (χ0) is 14.8. The van der Waals surface area contributed by atoms with E-state index in [-0.39, 0.29) is 0 Å². The third-order valence-electron chi connectivity index (χ3n) is 3.61. The lowest BCUT2D eigenvalue weighted by Gasteiger charge is -2.03. The van der Waals surface area contributed by atoms with Crippen molar-refractivity contribution < 1.29 is 0 Å². The van der Waals surface area contributed by atoms with E-state index in [1.807, 2.05) is 0 Å². The van der Waals surface area contributed by atoms with Gasteiger partial charge in [-0.2, -0.15) is 0 Å². The Kier molecular flexibility index (Phi) is 3.76. The highest BCUT2D eigenvalue weighted by Crippen LogP contribution is 2.28.